The number of fused-ring (bicyclic) bond motifs is 4. The highest BCUT2D eigenvalue weighted by Gasteiger charge is 2.76. The second kappa shape index (κ2) is 11.7. The van der Waals surface area contributed by atoms with E-state index in [1.54, 1.807) is 30.3 Å². The van der Waals surface area contributed by atoms with Crippen LogP contribution in [-0.2, 0) is 19.2 Å². The number of aliphatic hydroxyl groups is 1. The number of amides is 4. The number of alkyl halides is 2. The van der Waals surface area contributed by atoms with E-state index in [9.17, 15) is 43.7 Å². The maximum absolute atomic E-state index is 14.4. The zero-order chi connectivity index (χ0) is 35.0. The highest BCUT2D eigenvalue weighted by atomic mass is 35.5. The zero-order valence-electron chi connectivity index (χ0n) is 25.4. The Kier molecular flexibility index (Phi) is 7.81. The lowest BCUT2D eigenvalue weighted by molar-refractivity contribution is -0.125. The fraction of sp³-hybridized carbons (Fsp3) is 0.286. The fourth-order valence-corrected chi connectivity index (χ4v) is 8.72. The SMILES string of the molecule is O=C(O)c1ccc(N2C(=O)[C@H]3[C@H](CC=C4[C@H]3C[C@@]3(Cl)C(=O)N(c5ccc(F)cc5)C(=O)[C@@]3(Cl)[C@H]4c3ccc(OCCO)cc3)C2=O)cc1O. The van der Waals surface area contributed by atoms with Gasteiger partial charge in [0.15, 0.2) is 9.75 Å². The van der Waals surface area contributed by atoms with Crippen LogP contribution >= 0.6 is 23.2 Å². The lowest BCUT2D eigenvalue weighted by Gasteiger charge is -2.50. The number of nitrogens with zero attached hydrogens (tertiary/aromatic N) is 2. The monoisotopic (exact) mass is 708 g/mol. The van der Waals surface area contributed by atoms with E-state index in [1.165, 1.54) is 18.2 Å². The molecule has 7 rings (SSSR count). The Morgan fingerprint density at radius 3 is 2.20 bits per heavy atom. The summed E-state index contributed by atoms with van der Waals surface area (Å²) >= 11 is 14.7. The third kappa shape index (κ3) is 4.68. The third-order valence-corrected chi connectivity index (χ3v) is 11.4. The number of carbonyl (C=O) groups excluding carboxylic acids is 4. The number of allylic oxidation sites excluding steroid dienone is 2. The number of benzene rings is 3. The summed E-state index contributed by atoms with van der Waals surface area (Å²) in [5, 5.41) is 28.8. The number of hydrogen-bond acceptors (Lipinski definition) is 8. The Hall–Kier alpha value is -4.78. The van der Waals surface area contributed by atoms with E-state index < -0.39 is 80.1 Å². The van der Waals surface area contributed by atoms with Crippen molar-refractivity contribution in [3.8, 4) is 11.5 Å². The second-order valence-corrected chi connectivity index (χ2v) is 13.7. The second-order valence-electron chi connectivity index (χ2n) is 12.4. The Labute approximate surface area is 288 Å². The first kappa shape index (κ1) is 32.8. The molecular formula is C35H27Cl2FN2O9. The van der Waals surface area contributed by atoms with Gasteiger partial charge >= 0.3 is 5.97 Å². The van der Waals surface area contributed by atoms with Gasteiger partial charge in [-0.15, -0.1) is 23.2 Å². The van der Waals surface area contributed by atoms with Gasteiger partial charge in [-0.25, -0.2) is 19.0 Å². The van der Waals surface area contributed by atoms with Gasteiger partial charge in [0, 0.05) is 12.0 Å². The van der Waals surface area contributed by atoms with Crippen molar-refractivity contribution in [2.75, 3.05) is 23.0 Å². The first-order chi connectivity index (χ1) is 23.3. The molecule has 3 fully saturated rings. The molecule has 4 aliphatic rings. The molecule has 1 saturated carbocycles. The van der Waals surface area contributed by atoms with Crippen molar-refractivity contribution in [3.63, 3.8) is 0 Å². The van der Waals surface area contributed by atoms with Crippen molar-refractivity contribution in [2.45, 2.75) is 28.5 Å². The van der Waals surface area contributed by atoms with E-state index in [0.717, 1.165) is 34.1 Å². The van der Waals surface area contributed by atoms with E-state index in [0.29, 0.717) is 16.9 Å². The first-order valence-corrected chi connectivity index (χ1v) is 16.1. The van der Waals surface area contributed by atoms with Crippen molar-refractivity contribution in [1.82, 2.24) is 0 Å². The molecule has 2 aliphatic carbocycles. The van der Waals surface area contributed by atoms with Crippen molar-refractivity contribution >= 4 is 64.2 Å². The van der Waals surface area contributed by atoms with Gasteiger partial charge in [0.1, 0.15) is 29.5 Å². The van der Waals surface area contributed by atoms with Crippen molar-refractivity contribution in [1.29, 1.82) is 0 Å². The molecule has 2 saturated heterocycles. The Morgan fingerprint density at radius 1 is 0.898 bits per heavy atom. The smallest absolute Gasteiger partial charge is 0.339 e. The van der Waals surface area contributed by atoms with Crippen molar-refractivity contribution in [3.05, 3.63) is 95.3 Å². The van der Waals surface area contributed by atoms with Gasteiger partial charge in [-0.2, -0.15) is 0 Å². The van der Waals surface area contributed by atoms with Crippen LogP contribution in [0.5, 0.6) is 11.5 Å². The molecule has 49 heavy (non-hydrogen) atoms. The molecule has 0 spiro atoms. The van der Waals surface area contributed by atoms with E-state index in [-0.39, 0.29) is 37.4 Å². The predicted octanol–water partition coefficient (Wildman–Crippen LogP) is 4.37. The summed E-state index contributed by atoms with van der Waals surface area (Å²) in [6.07, 6.45) is 1.54. The van der Waals surface area contributed by atoms with Gasteiger partial charge in [0.05, 0.1) is 29.8 Å². The Bertz CT molecular complexity index is 1970. The number of aromatic hydroxyl groups is 1. The predicted molar refractivity (Wildman–Crippen MR) is 173 cm³/mol. The number of hydrogen-bond donors (Lipinski definition) is 3. The Morgan fingerprint density at radius 2 is 1.57 bits per heavy atom. The molecule has 3 aromatic rings. The highest BCUT2D eigenvalue weighted by Crippen LogP contribution is 2.66. The summed E-state index contributed by atoms with van der Waals surface area (Å²) in [5.74, 6) is -8.98. The number of ether oxygens (including phenoxy) is 1. The molecule has 11 nitrogen and oxygen atoms in total. The number of imide groups is 2. The van der Waals surface area contributed by atoms with Crippen LogP contribution < -0.4 is 14.5 Å². The molecule has 6 atom stereocenters. The van der Waals surface area contributed by atoms with Gasteiger partial charge < -0.3 is 20.1 Å². The quantitative estimate of drug-likeness (QED) is 0.184. The summed E-state index contributed by atoms with van der Waals surface area (Å²) in [6.45, 7) is -0.184. The molecule has 4 amide bonds. The molecule has 3 aromatic carbocycles. The molecule has 2 heterocycles. The molecule has 0 aromatic heterocycles. The van der Waals surface area contributed by atoms with E-state index >= 15 is 0 Å². The number of anilines is 2. The highest BCUT2D eigenvalue weighted by molar-refractivity contribution is 6.58. The summed E-state index contributed by atoms with van der Waals surface area (Å²) in [4.78, 5) is 65.8. The van der Waals surface area contributed by atoms with Gasteiger partial charge in [-0.05, 0) is 72.9 Å². The number of carboxylic acid groups (broad SMARTS) is 1. The van der Waals surface area contributed by atoms with Crippen molar-refractivity contribution in [2.24, 2.45) is 17.8 Å². The molecule has 3 N–H and O–H groups in total. The maximum Gasteiger partial charge on any atom is 0.339 e. The normalized spacial score (nSPS) is 29.0. The number of carbonyl (C=O) groups is 5. The molecule has 0 bridgehead atoms. The van der Waals surface area contributed by atoms with E-state index in [1.807, 2.05) is 0 Å². The number of halogens is 3. The van der Waals surface area contributed by atoms with Crippen LogP contribution in [0.4, 0.5) is 15.8 Å². The fourth-order valence-electron chi connectivity index (χ4n) is 7.79. The maximum atomic E-state index is 14.4. The average Bonchev–Trinajstić information content (AvgIpc) is 3.42. The lowest BCUT2D eigenvalue weighted by Crippen LogP contribution is -2.60. The van der Waals surface area contributed by atoms with Crippen LogP contribution in [0, 0.1) is 23.6 Å². The van der Waals surface area contributed by atoms with E-state index in [2.05, 4.69) is 0 Å². The average molecular weight is 710 g/mol. The van der Waals surface area contributed by atoms with Crippen LogP contribution in [0.1, 0.15) is 34.7 Å². The van der Waals surface area contributed by atoms with Crippen LogP contribution in [-0.4, -0.2) is 67.9 Å². The summed E-state index contributed by atoms with van der Waals surface area (Å²) < 4.78 is 19.4. The van der Waals surface area contributed by atoms with Crippen LogP contribution in [0.3, 0.4) is 0 Å². The summed E-state index contributed by atoms with van der Waals surface area (Å²) in [7, 11) is 0. The van der Waals surface area contributed by atoms with Gasteiger partial charge in [-0.1, -0.05) is 23.8 Å². The van der Waals surface area contributed by atoms with Gasteiger partial charge in [0.2, 0.25) is 11.8 Å². The number of aliphatic hydroxyl groups excluding tert-OH is 1. The number of aromatic carboxylic acids is 1. The molecule has 14 heteroatoms. The van der Waals surface area contributed by atoms with Crippen LogP contribution in [0.25, 0.3) is 0 Å². The minimum atomic E-state index is -2.13. The number of rotatable bonds is 7. The van der Waals surface area contributed by atoms with Crippen molar-refractivity contribution < 1.29 is 48.4 Å². The van der Waals surface area contributed by atoms with E-state index in [4.69, 9.17) is 27.9 Å². The van der Waals surface area contributed by atoms with Gasteiger partial charge in [-0.3, -0.25) is 19.2 Å². The molecule has 0 radical (unpaired) electrons. The van der Waals surface area contributed by atoms with Crippen LogP contribution in [0.15, 0.2) is 78.4 Å². The number of phenols is 1. The topological polar surface area (TPSA) is 162 Å². The largest absolute Gasteiger partial charge is 0.507 e. The summed E-state index contributed by atoms with van der Waals surface area (Å²) in [5.41, 5.74) is 0.613. The third-order valence-electron chi connectivity index (χ3n) is 9.94. The minimum Gasteiger partial charge on any atom is -0.507 e. The lowest BCUT2D eigenvalue weighted by atomic mass is 9.56. The molecule has 0 unspecified atom stereocenters. The minimum absolute atomic E-state index is 0.0267. The molecule has 2 aliphatic heterocycles. The van der Waals surface area contributed by atoms with Crippen LogP contribution in [0.2, 0.25) is 0 Å². The number of carboxylic acids is 1. The molecular weight excluding hydrogens is 682 g/mol. The zero-order valence-corrected chi connectivity index (χ0v) is 26.9. The van der Waals surface area contributed by atoms with Gasteiger partial charge in [0.25, 0.3) is 11.8 Å². The summed E-state index contributed by atoms with van der Waals surface area (Å²) in [6, 6.07) is 14.6. The Balaban J connectivity index is 1.35. The first-order valence-electron chi connectivity index (χ1n) is 15.3. The molecule has 252 valence electrons. The standard InChI is InChI=1S/C35H27Cl2FN2O9/c36-34-16-25-22(11-12-24-27(25)30(44)39(29(24)43)20-7-10-23(31(45)46)26(42)15-20)28(17-1-8-21(9-2-17)49-14-13-41)35(34,37)33(48)40(32(34)47)19-5-3-18(38)4-6-19/h1-11,15,24-25,27-28,41-42H,12-14,16H2,(H,45,46)/t24-,25+,27-,28-,34+,35-/m0/s1.